The van der Waals surface area contributed by atoms with E-state index < -0.39 is 20.0 Å². The zero-order valence-corrected chi connectivity index (χ0v) is 35.5. The van der Waals surface area contributed by atoms with Crippen molar-refractivity contribution in [1.29, 1.82) is 0 Å². The molecule has 308 valence electrons. The third-order valence-electron chi connectivity index (χ3n) is 11.4. The molecule has 0 spiro atoms. The predicted molar refractivity (Wildman–Crippen MR) is 242 cm³/mol. The highest BCUT2D eigenvalue weighted by Gasteiger charge is 2.26. The number of anilines is 2. The zero-order valence-electron chi connectivity index (χ0n) is 33.9. The molecule has 2 saturated heterocycles. The van der Waals surface area contributed by atoms with Crippen molar-refractivity contribution in [2.75, 3.05) is 62.2 Å². The molecule has 2 aliphatic rings. The minimum Gasteiger partial charge on any atom is -0.353 e. The summed E-state index contributed by atoms with van der Waals surface area (Å²) in [4.78, 5) is 14.9. The molecule has 6 heterocycles. The minimum atomic E-state index is -3.75. The van der Waals surface area contributed by atoms with Gasteiger partial charge in [-0.1, -0.05) is 74.5 Å². The molecule has 4 aromatic carbocycles. The molecule has 10 rings (SSSR count). The normalized spacial score (nSPS) is 15.3. The number of aryl methyl sites for hydroxylation is 1. The number of benzene rings is 4. The summed E-state index contributed by atoms with van der Waals surface area (Å²) in [6, 6.07) is 33.5. The Kier molecular flexibility index (Phi) is 10.6. The monoisotopic (exact) mass is 840 g/mol. The topological polar surface area (TPSA) is 134 Å². The maximum atomic E-state index is 13.6. The van der Waals surface area contributed by atoms with Crippen LogP contribution in [0.5, 0.6) is 0 Å². The van der Waals surface area contributed by atoms with Gasteiger partial charge < -0.3 is 20.4 Å². The van der Waals surface area contributed by atoms with Crippen molar-refractivity contribution in [2.24, 2.45) is 0 Å². The summed E-state index contributed by atoms with van der Waals surface area (Å²) in [5.74, 6) is 2.04. The highest BCUT2D eigenvalue weighted by molar-refractivity contribution is 7.90. The lowest BCUT2D eigenvalue weighted by atomic mass is 10.0. The van der Waals surface area contributed by atoms with Crippen molar-refractivity contribution in [3.63, 3.8) is 0 Å². The number of hydrogen-bond donors (Lipinski definition) is 2. The van der Waals surface area contributed by atoms with Crippen LogP contribution in [0, 0.1) is 6.92 Å². The number of nitrogens with zero attached hydrogens (tertiary/aromatic N) is 6. The lowest BCUT2D eigenvalue weighted by Crippen LogP contribution is -2.44. The molecule has 2 N–H and O–H groups in total. The molecule has 12 nitrogen and oxygen atoms in total. The number of pyridine rings is 2. The van der Waals surface area contributed by atoms with Gasteiger partial charge in [-0.15, -0.1) is 0 Å². The van der Waals surface area contributed by atoms with Crippen LogP contribution in [0.3, 0.4) is 0 Å². The number of fused-ring (bicyclic) bond motifs is 6. The van der Waals surface area contributed by atoms with Gasteiger partial charge in [-0.05, 0) is 72.5 Å². The third kappa shape index (κ3) is 7.16. The Balaban J connectivity index is 0.000000154. The van der Waals surface area contributed by atoms with Gasteiger partial charge in [0, 0.05) is 86.3 Å². The Labute approximate surface area is 350 Å². The molecule has 0 atom stereocenters. The van der Waals surface area contributed by atoms with Gasteiger partial charge >= 0.3 is 0 Å². The smallest absolute Gasteiger partial charge is 0.268 e. The van der Waals surface area contributed by atoms with Crippen LogP contribution in [0.15, 0.2) is 131 Å². The Bertz CT molecular complexity index is 3090. The Morgan fingerprint density at radius 2 is 1.00 bits per heavy atom. The lowest BCUT2D eigenvalue weighted by Gasteiger charge is -2.29. The number of rotatable bonds is 7. The number of piperazine rings is 2. The molecule has 8 aromatic rings. The van der Waals surface area contributed by atoms with Crippen LogP contribution in [0.25, 0.3) is 43.6 Å². The first-order valence-corrected chi connectivity index (χ1v) is 23.3. The molecule has 2 aliphatic heterocycles. The van der Waals surface area contributed by atoms with Crippen molar-refractivity contribution in [3.8, 4) is 0 Å². The van der Waals surface area contributed by atoms with E-state index in [1.165, 1.54) is 7.94 Å². The van der Waals surface area contributed by atoms with Gasteiger partial charge in [-0.3, -0.25) is 0 Å². The molecule has 0 unspecified atom stereocenters. The largest absolute Gasteiger partial charge is 0.353 e. The number of aromatic nitrogens is 4. The van der Waals surface area contributed by atoms with E-state index in [1.54, 1.807) is 42.7 Å². The maximum absolute atomic E-state index is 13.6. The standard InChI is InChI=1S/C24H26N4O2S.C22H22N4O2S/c1-17(2)18-7-9-19(10-8-18)31(29,30)28-14-11-21-23(28)20-5-3-4-6-22(20)26-24(21)27-15-12-25-13-16-27;1-16-5-4-6-17(15-16)29(27,28)26-12-9-19-21(26)18-7-2-3-8-20(18)24-22(19)25-13-10-23-11-14-25/h3-11,14,17,25H,12-13,15-16H2,1-2H3;2-9,12,15,23H,10-11,13-14H2,1H3. The molecule has 0 bridgehead atoms. The van der Waals surface area contributed by atoms with Crippen molar-refractivity contribution < 1.29 is 16.8 Å². The predicted octanol–water partition coefficient (Wildman–Crippen LogP) is 7.10. The first-order valence-electron chi connectivity index (χ1n) is 20.4. The average molecular weight is 841 g/mol. The van der Waals surface area contributed by atoms with Gasteiger partial charge in [0.2, 0.25) is 0 Å². The highest BCUT2D eigenvalue weighted by atomic mass is 32.2. The van der Waals surface area contributed by atoms with E-state index in [1.807, 2.05) is 85.8 Å². The van der Waals surface area contributed by atoms with Crippen molar-refractivity contribution in [2.45, 2.75) is 36.5 Å². The van der Waals surface area contributed by atoms with Crippen LogP contribution in [0.4, 0.5) is 11.6 Å². The van der Waals surface area contributed by atoms with Crippen molar-refractivity contribution in [1.82, 2.24) is 28.5 Å². The first-order chi connectivity index (χ1) is 29.0. The van der Waals surface area contributed by atoms with Gasteiger partial charge in [0.05, 0.1) is 31.9 Å². The molecular weight excluding hydrogens is 793 g/mol. The van der Waals surface area contributed by atoms with E-state index >= 15 is 0 Å². The summed E-state index contributed by atoms with van der Waals surface area (Å²) < 4.78 is 57.1. The van der Waals surface area contributed by atoms with Crippen LogP contribution in [-0.4, -0.2) is 87.1 Å². The Morgan fingerprint density at radius 3 is 1.47 bits per heavy atom. The number of para-hydroxylation sites is 2. The summed E-state index contributed by atoms with van der Waals surface area (Å²) >= 11 is 0. The van der Waals surface area contributed by atoms with Gasteiger partial charge in [0.1, 0.15) is 11.6 Å². The van der Waals surface area contributed by atoms with E-state index in [9.17, 15) is 16.8 Å². The molecule has 2 fully saturated rings. The fourth-order valence-corrected chi connectivity index (χ4v) is 11.1. The molecule has 0 radical (unpaired) electrons. The quantitative estimate of drug-likeness (QED) is 0.171. The first kappa shape index (κ1) is 39.6. The van der Waals surface area contributed by atoms with Crippen LogP contribution < -0.4 is 20.4 Å². The molecule has 4 aromatic heterocycles. The van der Waals surface area contributed by atoms with Gasteiger partial charge in [0.15, 0.2) is 0 Å². The summed E-state index contributed by atoms with van der Waals surface area (Å²) in [6.45, 7) is 13.0. The van der Waals surface area contributed by atoms with E-state index in [2.05, 4.69) is 34.3 Å². The summed E-state index contributed by atoms with van der Waals surface area (Å²) in [6.07, 6.45) is 3.32. The fraction of sp³-hybridized carbons (Fsp3) is 0.261. The second kappa shape index (κ2) is 16.0. The molecular formula is C46H48N8O4S2. The van der Waals surface area contributed by atoms with E-state index in [4.69, 9.17) is 9.97 Å². The molecule has 0 saturated carbocycles. The number of hydrogen-bond acceptors (Lipinski definition) is 10. The van der Waals surface area contributed by atoms with Crippen LogP contribution in [0.1, 0.15) is 30.9 Å². The molecule has 0 amide bonds. The van der Waals surface area contributed by atoms with Crippen LogP contribution in [0.2, 0.25) is 0 Å². The van der Waals surface area contributed by atoms with Crippen LogP contribution >= 0.6 is 0 Å². The lowest BCUT2D eigenvalue weighted by molar-refractivity contribution is 0.586. The molecule has 14 heteroatoms. The van der Waals surface area contributed by atoms with E-state index in [0.717, 1.165) is 108 Å². The summed E-state index contributed by atoms with van der Waals surface area (Å²) in [5, 5.41) is 10.1. The van der Waals surface area contributed by atoms with Gasteiger partial charge in [-0.2, -0.15) is 0 Å². The second-order valence-corrected chi connectivity index (χ2v) is 19.3. The molecule has 60 heavy (non-hydrogen) atoms. The maximum Gasteiger partial charge on any atom is 0.268 e. The zero-order chi connectivity index (χ0) is 41.6. The molecule has 0 aliphatic carbocycles. The minimum absolute atomic E-state index is 0.291. The Hall–Kier alpha value is -5.80. The third-order valence-corrected chi connectivity index (χ3v) is 14.8. The fourth-order valence-electron chi connectivity index (χ4n) is 8.27. The van der Waals surface area contributed by atoms with Gasteiger partial charge in [-0.25, -0.2) is 34.7 Å². The van der Waals surface area contributed by atoms with E-state index in [0.29, 0.717) is 26.7 Å². The van der Waals surface area contributed by atoms with Crippen molar-refractivity contribution in [3.05, 3.63) is 133 Å². The second-order valence-electron chi connectivity index (χ2n) is 15.7. The van der Waals surface area contributed by atoms with Gasteiger partial charge in [0.25, 0.3) is 20.0 Å². The summed E-state index contributed by atoms with van der Waals surface area (Å²) in [5.41, 5.74) is 5.00. The SMILES string of the molecule is CC(C)c1ccc(S(=O)(=O)n2ccc3c(N4CCNCC4)nc4ccccc4c32)cc1.Cc1cccc(S(=O)(=O)n2ccc3c(N4CCNCC4)nc4ccccc4c32)c1. The van der Waals surface area contributed by atoms with Crippen molar-refractivity contribution >= 4 is 75.3 Å². The highest BCUT2D eigenvalue weighted by Crippen LogP contribution is 2.36. The van der Waals surface area contributed by atoms with E-state index in [-0.39, 0.29) is 0 Å². The van der Waals surface area contributed by atoms with Crippen LogP contribution in [-0.2, 0) is 20.0 Å². The average Bonchev–Trinajstić information content (AvgIpc) is 3.95. The Morgan fingerprint density at radius 1 is 0.533 bits per heavy atom. The number of nitrogens with one attached hydrogen (secondary N) is 2. The summed E-state index contributed by atoms with van der Waals surface area (Å²) in [7, 11) is -7.47.